The number of halogens is 2. The number of aromatic carboxylic acids is 1. The van der Waals surface area contributed by atoms with E-state index in [1.807, 2.05) is 6.92 Å². The van der Waals surface area contributed by atoms with E-state index in [0.717, 1.165) is 10.1 Å². The molecule has 0 spiro atoms. The molecule has 0 aliphatic heterocycles. The van der Waals surface area contributed by atoms with Gasteiger partial charge in [0.2, 0.25) is 11.5 Å². The highest BCUT2D eigenvalue weighted by molar-refractivity contribution is 6.32. The van der Waals surface area contributed by atoms with E-state index < -0.39 is 17.3 Å². The van der Waals surface area contributed by atoms with Crippen LogP contribution < -0.4 is 21.7 Å². The van der Waals surface area contributed by atoms with Crippen molar-refractivity contribution >= 4 is 34.9 Å². The maximum absolute atomic E-state index is 13.2. The minimum atomic E-state index is -1.19. The van der Waals surface area contributed by atoms with Crippen LogP contribution in [0.3, 0.4) is 0 Å². The summed E-state index contributed by atoms with van der Waals surface area (Å²) < 4.78 is 8.11. The van der Waals surface area contributed by atoms with Crippen molar-refractivity contribution in [2.45, 2.75) is 26.4 Å². The van der Waals surface area contributed by atoms with E-state index >= 15 is 0 Å². The molecule has 0 aliphatic rings. The molecule has 37 heavy (non-hydrogen) atoms. The lowest BCUT2D eigenvalue weighted by molar-refractivity contribution is 0.0689. The molecule has 4 rings (SSSR count). The molecule has 0 saturated heterocycles. The first-order valence-corrected chi connectivity index (χ1v) is 11.9. The molecule has 0 bridgehead atoms. The van der Waals surface area contributed by atoms with Gasteiger partial charge < -0.3 is 9.84 Å². The maximum atomic E-state index is 13.2. The summed E-state index contributed by atoms with van der Waals surface area (Å²) >= 11 is 12.4. The van der Waals surface area contributed by atoms with Crippen molar-refractivity contribution in [3.05, 3.63) is 109 Å². The smallest absolute Gasteiger partial charge is 0.354 e. The Morgan fingerprint density at radius 1 is 1.08 bits per heavy atom. The van der Waals surface area contributed by atoms with Crippen LogP contribution in [0.4, 0.5) is 5.69 Å². The second-order valence-electron chi connectivity index (χ2n) is 7.90. The number of rotatable bonds is 8. The Hall–Kier alpha value is -4.15. The van der Waals surface area contributed by atoms with Gasteiger partial charge in [0, 0.05) is 17.6 Å². The summed E-state index contributed by atoms with van der Waals surface area (Å²) in [7, 11) is 0. The molecule has 2 aromatic heterocycles. The Bertz CT molecular complexity index is 1640. The van der Waals surface area contributed by atoms with E-state index in [1.54, 1.807) is 30.3 Å². The number of carbonyl (C=O) groups is 1. The molecule has 0 fully saturated rings. The number of nitrogens with zero attached hydrogens (tertiary/aromatic N) is 4. The number of aromatic nitrogens is 4. The average molecular weight is 542 g/mol. The topological polar surface area (TPSA) is 132 Å². The van der Waals surface area contributed by atoms with E-state index in [-0.39, 0.29) is 41.1 Å². The number of hydrogen-bond donors (Lipinski definition) is 2. The SMILES string of the molecule is CCCn1c(=O)[nH]/c(=N\c2ccc(Oc3cccc(C(=O)O)n3)c(Cl)c2)n(Cc2ccc(Cl)cc2)c1=O. The maximum Gasteiger partial charge on any atom is 0.354 e. The van der Waals surface area contributed by atoms with E-state index in [4.69, 9.17) is 33.0 Å². The second kappa shape index (κ2) is 11.3. The van der Waals surface area contributed by atoms with Crippen molar-refractivity contribution in [3.63, 3.8) is 0 Å². The number of pyridine rings is 1. The van der Waals surface area contributed by atoms with Gasteiger partial charge in [-0.2, -0.15) is 0 Å². The van der Waals surface area contributed by atoms with E-state index in [1.165, 1.54) is 34.9 Å². The summed E-state index contributed by atoms with van der Waals surface area (Å²) in [6.45, 7) is 2.27. The molecule has 0 unspecified atom stereocenters. The highest BCUT2D eigenvalue weighted by atomic mass is 35.5. The Balaban J connectivity index is 1.74. The third-order valence-corrected chi connectivity index (χ3v) is 5.74. The van der Waals surface area contributed by atoms with Gasteiger partial charge in [0.05, 0.1) is 17.3 Å². The molecule has 2 aromatic carbocycles. The fourth-order valence-corrected chi connectivity index (χ4v) is 3.78. The number of aromatic amines is 1. The third kappa shape index (κ3) is 6.16. The quantitative estimate of drug-likeness (QED) is 0.343. The number of nitrogens with one attached hydrogen (secondary N) is 1. The lowest BCUT2D eigenvalue weighted by atomic mass is 10.2. The van der Waals surface area contributed by atoms with Gasteiger partial charge >= 0.3 is 17.3 Å². The fraction of sp³-hybridized carbons (Fsp3) is 0.160. The summed E-state index contributed by atoms with van der Waals surface area (Å²) in [4.78, 5) is 48.0. The first kappa shape index (κ1) is 25.9. The van der Waals surface area contributed by atoms with Crippen molar-refractivity contribution in [3.8, 4) is 11.6 Å². The molecule has 2 heterocycles. The number of ether oxygens (including phenoxy) is 1. The summed E-state index contributed by atoms with van der Waals surface area (Å²) in [6, 6.07) is 15.9. The predicted molar refractivity (Wildman–Crippen MR) is 138 cm³/mol. The van der Waals surface area contributed by atoms with Crippen LogP contribution in [0.2, 0.25) is 10.0 Å². The summed E-state index contributed by atoms with van der Waals surface area (Å²) in [6.07, 6.45) is 0.599. The molecule has 0 aliphatic carbocycles. The normalized spacial score (nSPS) is 11.5. The lowest BCUT2D eigenvalue weighted by Crippen LogP contribution is -2.50. The van der Waals surface area contributed by atoms with Gasteiger partial charge in [-0.1, -0.05) is 48.3 Å². The number of hydrogen-bond acceptors (Lipinski definition) is 6. The molecular weight excluding hydrogens is 521 g/mol. The minimum Gasteiger partial charge on any atom is -0.477 e. The molecule has 12 heteroatoms. The monoisotopic (exact) mass is 541 g/mol. The van der Waals surface area contributed by atoms with Gasteiger partial charge in [-0.25, -0.2) is 28.9 Å². The van der Waals surface area contributed by atoms with E-state index in [9.17, 15) is 14.4 Å². The Kier molecular flexibility index (Phi) is 7.90. The van der Waals surface area contributed by atoms with Crippen molar-refractivity contribution < 1.29 is 14.6 Å². The van der Waals surface area contributed by atoms with Crippen molar-refractivity contribution in [1.29, 1.82) is 0 Å². The van der Waals surface area contributed by atoms with Crippen LogP contribution in [0.5, 0.6) is 11.6 Å². The predicted octanol–water partition coefficient (Wildman–Crippen LogP) is 4.22. The summed E-state index contributed by atoms with van der Waals surface area (Å²) in [5.41, 5.74) is -0.0816. The number of H-pyrrole nitrogens is 1. The molecule has 4 aromatic rings. The van der Waals surface area contributed by atoms with Crippen LogP contribution in [0.25, 0.3) is 0 Å². The average Bonchev–Trinajstić information content (AvgIpc) is 2.87. The first-order chi connectivity index (χ1) is 17.7. The number of carboxylic acid groups (broad SMARTS) is 1. The van der Waals surface area contributed by atoms with Crippen LogP contribution >= 0.6 is 23.2 Å². The highest BCUT2D eigenvalue weighted by Gasteiger charge is 2.12. The van der Waals surface area contributed by atoms with Gasteiger partial charge in [0.1, 0.15) is 5.75 Å². The molecular formula is C25H21Cl2N5O5. The molecule has 0 saturated carbocycles. The Morgan fingerprint density at radius 2 is 1.84 bits per heavy atom. The van der Waals surface area contributed by atoms with Crippen LogP contribution in [-0.4, -0.2) is 30.2 Å². The zero-order chi connectivity index (χ0) is 26.5. The van der Waals surface area contributed by atoms with Crippen molar-refractivity contribution in [2.24, 2.45) is 4.99 Å². The Labute approximate surface area is 220 Å². The van der Waals surface area contributed by atoms with Crippen molar-refractivity contribution in [1.82, 2.24) is 19.1 Å². The van der Waals surface area contributed by atoms with Gasteiger partial charge in [0.15, 0.2) is 5.69 Å². The summed E-state index contributed by atoms with van der Waals surface area (Å²) in [5.74, 6) is -0.917. The van der Waals surface area contributed by atoms with E-state index in [2.05, 4.69) is 15.0 Å². The third-order valence-electron chi connectivity index (χ3n) is 5.19. The molecule has 0 radical (unpaired) electrons. The lowest BCUT2D eigenvalue weighted by Gasteiger charge is -2.11. The molecule has 0 atom stereocenters. The van der Waals surface area contributed by atoms with Gasteiger partial charge in [-0.3, -0.25) is 9.55 Å². The zero-order valence-electron chi connectivity index (χ0n) is 19.5. The van der Waals surface area contributed by atoms with Gasteiger partial charge in [-0.15, -0.1) is 0 Å². The standard InChI is InChI=1S/C25H21Cl2N5O5/c1-2-12-31-24(35)30-23(32(25(31)36)14-15-6-8-16(26)9-7-15)28-17-10-11-20(18(27)13-17)37-21-5-3-4-19(29-21)22(33)34/h3-11,13H,2,12,14H2,1H3,(H,33,34)(H,28,30,35). The zero-order valence-corrected chi connectivity index (χ0v) is 21.0. The van der Waals surface area contributed by atoms with Crippen LogP contribution in [0, 0.1) is 0 Å². The molecule has 0 amide bonds. The second-order valence-corrected chi connectivity index (χ2v) is 8.74. The van der Waals surface area contributed by atoms with Crippen LogP contribution in [0.1, 0.15) is 29.4 Å². The highest BCUT2D eigenvalue weighted by Crippen LogP contribution is 2.31. The Morgan fingerprint density at radius 3 is 2.51 bits per heavy atom. The van der Waals surface area contributed by atoms with E-state index in [0.29, 0.717) is 17.1 Å². The first-order valence-electron chi connectivity index (χ1n) is 11.2. The fourth-order valence-electron chi connectivity index (χ4n) is 3.45. The van der Waals surface area contributed by atoms with Crippen molar-refractivity contribution in [2.75, 3.05) is 0 Å². The largest absolute Gasteiger partial charge is 0.477 e. The molecule has 10 nitrogen and oxygen atoms in total. The van der Waals surface area contributed by atoms with Gasteiger partial charge in [-0.05, 0) is 48.4 Å². The molecule has 190 valence electrons. The van der Waals surface area contributed by atoms with Crippen LogP contribution in [0.15, 0.2) is 75.2 Å². The van der Waals surface area contributed by atoms with Gasteiger partial charge in [0.25, 0.3) is 0 Å². The minimum absolute atomic E-state index is 0.0397. The van der Waals surface area contributed by atoms with Crippen LogP contribution in [-0.2, 0) is 13.1 Å². The summed E-state index contributed by atoms with van der Waals surface area (Å²) in [5, 5.41) is 9.83. The number of benzene rings is 2. The number of carboxylic acids is 1. The molecule has 2 N–H and O–H groups in total.